The molecule has 5 heteroatoms. The molecule has 18 heavy (non-hydrogen) atoms. The Bertz CT molecular complexity index is 564. The minimum Gasteiger partial charge on any atom is -0.322 e. The molecule has 0 atom stereocenters. The molecular formula is C13H8ClF2NO. The zero-order valence-electron chi connectivity index (χ0n) is 9.08. The van der Waals surface area contributed by atoms with E-state index in [9.17, 15) is 13.6 Å². The number of hydrogen-bond donors (Lipinski definition) is 1. The molecular weight excluding hydrogens is 260 g/mol. The van der Waals surface area contributed by atoms with Crippen molar-refractivity contribution in [1.29, 1.82) is 0 Å². The molecule has 2 aromatic rings. The average molecular weight is 268 g/mol. The Morgan fingerprint density at radius 2 is 1.56 bits per heavy atom. The van der Waals surface area contributed by atoms with Crippen molar-refractivity contribution in [3.8, 4) is 0 Å². The maximum Gasteiger partial charge on any atom is 0.261 e. The van der Waals surface area contributed by atoms with E-state index in [-0.39, 0.29) is 0 Å². The molecule has 0 saturated heterocycles. The summed E-state index contributed by atoms with van der Waals surface area (Å²) < 4.78 is 26.7. The molecule has 92 valence electrons. The number of rotatable bonds is 2. The van der Waals surface area contributed by atoms with Crippen LogP contribution in [-0.2, 0) is 0 Å². The lowest BCUT2D eigenvalue weighted by Crippen LogP contribution is -2.15. The Labute approximate surface area is 107 Å². The summed E-state index contributed by atoms with van der Waals surface area (Å²) >= 11 is 5.68. The summed E-state index contributed by atoms with van der Waals surface area (Å²) in [7, 11) is 0. The van der Waals surface area contributed by atoms with E-state index in [0.717, 1.165) is 12.1 Å². The monoisotopic (exact) mass is 267 g/mol. The van der Waals surface area contributed by atoms with Gasteiger partial charge in [0.1, 0.15) is 17.2 Å². The van der Waals surface area contributed by atoms with E-state index in [1.54, 1.807) is 24.3 Å². The van der Waals surface area contributed by atoms with Crippen LogP contribution in [0, 0.1) is 11.6 Å². The minimum absolute atomic E-state index is 0.409. The molecule has 0 aliphatic rings. The Balaban J connectivity index is 2.25. The zero-order valence-corrected chi connectivity index (χ0v) is 9.84. The van der Waals surface area contributed by atoms with Crippen LogP contribution in [0.15, 0.2) is 42.5 Å². The molecule has 2 nitrogen and oxygen atoms in total. The molecule has 0 aliphatic carbocycles. The van der Waals surface area contributed by atoms with E-state index in [1.165, 1.54) is 6.07 Å². The van der Waals surface area contributed by atoms with Gasteiger partial charge < -0.3 is 5.32 Å². The summed E-state index contributed by atoms with van der Waals surface area (Å²) in [6, 6.07) is 9.46. The van der Waals surface area contributed by atoms with Gasteiger partial charge in [0.25, 0.3) is 5.91 Å². The second-order valence-electron chi connectivity index (χ2n) is 3.56. The van der Waals surface area contributed by atoms with Crippen LogP contribution in [-0.4, -0.2) is 5.91 Å². The van der Waals surface area contributed by atoms with Gasteiger partial charge in [-0.25, -0.2) is 8.78 Å². The Morgan fingerprint density at radius 1 is 1.00 bits per heavy atom. The van der Waals surface area contributed by atoms with Gasteiger partial charge in [-0.3, -0.25) is 4.79 Å². The van der Waals surface area contributed by atoms with Crippen LogP contribution < -0.4 is 5.32 Å². The lowest BCUT2D eigenvalue weighted by atomic mass is 10.2. The minimum atomic E-state index is -0.901. The van der Waals surface area contributed by atoms with Gasteiger partial charge in [-0.15, -0.1) is 0 Å². The quantitative estimate of drug-likeness (QED) is 0.879. The zero-order chi connectivity index (χ0) is 13.1. The van der Waals surface area contributed by atoms with Crippen molar-refractivity contribution >= 4 is 23.2 Å². The summed E-state index contributed by atoms with van der Waals surface area (Å²) in [6.07, 6.45) is 0. The maximum absolute atomic E-state index is 13.3. The Kier molecular flexibility index (Phi) is 3.58. The third-order valence-corrected chi connectivity index (χ3v) is 2.54. The van der Waals surface area contributed by atoms with Gasteiger partial charge in [-0.1, -0.05) is 17.7 Å². The van der Waals surface area contributed by atoms with Crippen LogP contribution in [0.4, 0.5) is 14.5 Å². The molecule has 1 N–H and O–H groups in total. The van der Waals surface area contributed by atoms with Gasteiger partial charge in [-0.2, -0.15) is 0 Å². The predicted octanol–water partition coefficient (Wildman–Crippen LogP) is 3.87. The van der Waals surface area contributed by atoms with E-state index >= 15 is 0 Å². The lowest BCUT2D eigenvalue weighted by molar-refractivity contribution is 0.101. The van der Waals surface area contributed by atoms with E-state index in [0.29, 0.717) is 10.7 Å². The van der Waals surface area contributed by atoms with Crippen molar-refractivity contribution < 1.29 is 13.6 Å². The molecule has 0 aromatic heterocycles. The average Bonchev–Trinajstić information content (AvgIpc) is 2.32. The highest BCUT2D eigenvalue weighted by atomic mass is 35.5. The summed E-state index contributed by atoms with van der Waals surface area (Å²) in [5, 5.41) is 2.89. The summed E-state index contributed by atoms with van der Waals surface area (Å²) in [6.45, 7) is 0. The number of carbonyl (C=O) groups is 1. The number of halogens is 3. The lowest BCUT2D eigenvalue weighted by Gasteiger charge is -2.06. The summed E-state index contributed by atoms with van der Waals surface area (Å²) in [5.74, 6) is -2.64. The van der Waals surface area contributed by atoms with E-state index < -0.39 is 23.1 Å². The van der Waals surface area contributed by atoms with Gasteiger partial charge >= 0.3 is 0 Å². The van der Waals surface area contributed by atoms with Gasteiger partial charge in [0.2, 0.25) is 0 Å². The number of benzene rings is 2. The first-order valence-corrected chi connectivity index (χ1v) is 5.46. The molecule has 0 heterocycles. The normalized spacial score (nSPS) is 10.2. The molecule has 0 fully saturated rings. The molecule has 0 unspecified atom stereocenters. The highest BCUT2D eigenvalue weighted by molar-refractivity contribution is 6.30. The number of nitrogens with one attached hydrogen (secondary N) is 1. The fourth-order valence-electron chi connectivity index (χ4n) is 1.44. The second kappa shape index (κ2) is 5.14. The Morgan fingerprint density at radius 3 is 2.11 bits per heavy atom. The van der Waals surface area contributed by atoms with Crippen molar-refractivity contribution in [3.63, 3.8) is 0 Å². The second-order valence-corrected chi connectivity index (χ2v) is 3.99. The smallest absolute Gasteiger partial charge is 0.261 e. The first kappa shape index (κ1) is 12.5. The summed E-state index contributed by atoms with van der Waals surface area (Å²) in [4.78, 5) is 11.7. The predicted molar refractivity (Wildman–Crippen MR) is 65.8 cm³/mol. The highest BCUT2D eigenvalue weighted by Crippen LogP contribution is 2.17. The van der Waals surface area contributed by atoms with Crippen molar-refractivity contribution in [3.05, 3.63) is 64.7 Å². The first-order chi connectivity index (χ1) is 8.58. The number of hydrogen-bond acceptors (Lipinski definition) is 1. The van der Waals surface area contributed by atoms with Crippen molar-refractivity contribution in [2.24, 2.45) is 0 Å². The molecule has 0 aliphatic heterocycles. The Hall–Kier alpha value is -1.94. The van der Waals surface area contributed by atoms with Gasteiger partial charge in [0.15, 0.2) is 0 Å². The van der Waals surface area contributed by atoms with Crippen molar-refractivity contribution in [1.82, 2.24) is 0 Å². The van der Waals surface area contributed by atoms with Crippen molar-refractivity contribution in [2.75, 3.05) is 5.32 Å². The number of carbonyl (C=O) groups excluding carboxylic acids is 1. The van der Waals surface area contributed by atoms with Crippen LogP contribution in [0.1, 0.15) is 10.4 Å². The third-order valence-electron chi connectivity index (χ3n) is 2.29. The SMILES string of the molecule is O=C(Nc1ccc(Cl)cc1)c1c(F)cccc1F. The van der Waals surface area contributed by atoms with E-state index in [1.807, 2.05) is 0 Å². The van der Waals surface area contributed by atoms with Gasteiger partial charge in [-0.05, 0) is 36.4 Å². The third kappa shape index (κ3) is 2.65. The molecule has 2 aromatic carbocycles. The molecule has 0 spiro atoms. The fraction of sp³-hybridized carbons (Fsp3) is 0. The highest BCUT2D eigenvalue weighted by Gasteiger charge is 2.16. The molecule has 0 saturated carbocycles. The standard InChI is InChI=1S/C13H8ClF2NO/c14-8-4-6-9(7-5-8)17-13(18)12-10(15)2-1-3-11(12)16/h1-7H,(H,17,18). The van der Waals surface area contributed by atoms with Crippen molar-refractivity contribution in [2.45, 2.75) is 0 Å². The number of anilines is 1. The van der Waals surface area contributed by atoms with E-state index in [4.69, 9.17) is 11.6 Å². The molecule has 0 radical (unpaired) electrons. The molecule has 0 bridgehead atoms. The topological polar surface area (TPSA) is 29.1 Å². The van der Waals surface area contributed by atoms with Crippen LogP contribution >= 0.6 is 11.6 Å². The maximum atomic E-state index is 13.3. The molecule has 1 amide bonds. The van der Waals surface area contributed by atoms with E-state index in [2.05, 4.69) is 5.32 Å². The summed E-state index contributed by atoms with van der Waals surface area (Å²) in [5.41, 5.74) is -0.195. The van der Waals surface area contributed by atoms with Crippen LogP contribution in [0.25, 0.3) is 0 Å². The van der Waals surface area contributed by atoms with Crippen LogP contribution in [0.2, 0.25) is 5.02 Å². The van der Waals surface area contributed by atoms with Gasteiger partial charge in [0, 0.05) is 10.7 Å². The van der Waals surface area contributed by atoms with Crippen LogP contribution in [0.5, 0.6) is 0 Å². The first-order valence-electron chi connectivity index (χ1n) is 5.09. The largest absolute Gasteiger partial charge is 0.322 e. The van der Waals surface area contributed by atoms with Gasteiger partial charge in [0.05, 0.1) is 0 Å². The van der Waals surface area contributed by atoms with Crippen LogP contribution in [0.3, 0.4) is 0 Å². The fourth-order valence-corrected chi connectivity index (χ4v) is 1.57. The number of amides is 1. The molecule has 2 rings (SSSR count).